The quantitative estimate of drug-likeness (QED) is 0.895. The number of rotatable bonds is 4. The van der Waals surface area contributed by atoms with Crippen molar-refractivity contribution in [3.63, 3.8) is 0 Å². The van der Waals surface area contributed by atoms with E-state index >= 15 is 0 Å². The van der Waals surface area contributed by atoms with Crippen molar-refractivity contribution in [1.82, 2.24) is 9.62 Å². The Balaban J connectivity index is 2.09. The summed E-state index contributed by atoms with van der Waals surface area (Å²) in [5.41, 5.74) is 1.24. The van der Waals surface area contributed by atoms with Crippen molar-refractivity contribution < 1.29 is 13.2 Å². The molecule has 1 heterocycles. The molecule has 0 saturated carbocycles. The Hall–Kier alpha value is -1.40. The van der Waals surface area contributed by atoms with Crippen LogP contribution in [-0.2, 0) is 15.8 Å². The lowest BCUT2D eigenvalue weighted by molar-refractivity contribution is 0.0963. The van der Waals surface area contributed by atoms with Crippen LogP contribution in [-0.4, -0.2) is 38.8 Å². The van der Waals surface area contributed by atoms with Crippen molar-refractivity contribution in [1.29, 1.82) is 0 Å². The summed E-state index contributed by atoms with van der Waals surface area (Å²) >= 11 is 0. The molecule has 0 bridgehead atoms. The van der Waals surface area contributed by atoms with Crippen LogP contribution >= 0.6 is 0 Å². The molecule has 1 amide bonds. The van der Waals surface area contributed by atoms with Gasteiger partial charge >= 0.3 is 0 Å². The van der Waals surface area contributed by atoms with Gasteiger partial charge in [0.15, 0.2) is 0 Å². The number of carbonyl (C=O) groups is 1. The third kappa shape index (κ3) is 3.33. The second-order valence-electron chi connectivity index (χ2n) is 4.64. The van der Waals surface area contributed by atoms with Crippen molar-refractivity contribution in [3.8, 4) is 0 Å². The minimum Gasteiger partial charge on any atom is -0.355 e. The van der Waals surface area contributed by atoms with E-state index in [1.807, 2.05) is 0 Å². The average Bonchev–Trinajstić information content (AvgIpc) is 2.93. The molecule has 0 aromatic heterocycles. The van der Waals surface area contributed by atoms with E-state index in [-0.39, 0.29) is 11.7 Å². The Morgan fingerprint density at radius 2 is 1.79 bits per heavy atom. The van der Waals surface area contributed by atoms with Crippen LogP contribution in [0.15, 0.2) is 24.3 Å². The van der Waals surface area contributed by atoms with Crippen LogP contribution in [0.2, 0.25) is 0 Å². The van der Waals surface area contributed by atoms with E-state index in [2.05, 4.69) is 5.32 Å². The van der Waals surface area contributed by atoms with Gasteiger partial charge in [-0.05, 0) is 30.5 Å². The highest BCUT2D eigenvalue weighted by atomic mass is 32.2. The third-order valence-electron chi connectivity index (χ3n) is 3.25. The Labute approximate surface area is 113 Å². The first-order valence-corrected chi connectivity index (χ1v) is 7.93. The van der Waals surface area contributed by atoms with Gasteiger partial charge in [-0.2, -0.15) is 0 Å². The normalized spacial score (nSPS) is 16.5. The Bertz CT molecular complexity index is 546. The molecule has 1 aliphatic heterocycles. The van der Waals surface area contributed by atoms with Gasteiger partial charge in [0.25, 0.3) is 5.91 Å². The highest BCUT2D eigenvalue weighted by Crippen LogP contribution is 2.17. The minimum atomic E-state index is -3.22. The first kappa shape index (κ1) is 14.0. The summed E-state index contributed by atoms with van der Waals surface area (Å²) in [5.74, 6) is -0.171. The Morgan fingerprint density at radius 1 is 1.21 bits per heavy atom. The number of nitrogens with zero attached hydrogens (tertiary/aromatic N) is 1. The summed E-state index contributed by atoms with van der Waals surface area (Å²) in [6.45, 7) is 1.25. The zero-order valence-electron chi connectivity index (χ0n) is 10.9. The second kappa shape index (κ2) is 5.71. The maximum absolute atomic E-state index is 12.1. The van der Waals surface area contributed by atoms with Crippen molar-refractivity contribution >= 4 is 15.9 Å². The van der Waals surface area contributed by atoms with Gasteiger partial charge in [0.05, 0.1) is 5.75 Å². The minimum absolute atomic E-state index is 0.00102. The molecule has 6 heteroatoms. The molecule has 0 radical (unpaired) electrons. The summed E-state index contributed by atoms with van der Waals surface area (Å²) in [4.78, 5) is 11.4. The van der Waals surface area contributed by atoms with Crippen LogP contribution < -0.4 is 5.32 Å². The monoisotopic (exact) mass is 282 g/mol. The summed E-state index contributed by atoms with van der Waals surface area (Å²) < 4.78 is 25.8. The van der Waals surface area contributed by atoms with E-state index in [9.17, 15) is 13.2 Å². The number of benzene rings is 1. The van der Waals surface area contributed by atoms with E-state index in [1.165, 1.54) is 0 Å². The number of hydrogen-bond acceptors (Lipinski definition) is 3. The summed E-state index contributed by atoms with van der Waals surface area (Å²) in [5, 5.41) is 2.53. The fourth-order valence-corrected chi connectivity index (χ4v) is 3.78. The number of amides is 1. The van der Waals surface area contributed by atoms with E-state index in [0.29, 0.717) is 24.2 Å². The highest BCUT2D eigenvalue weighted by Gasteiger charge is 2.25. The molecule has 2 rings (SSSR count). The van der Waals surface area contributed by atoms with Crippen LogP contribution in [0.1, 0.15) is 28.8 Å². The smallest absolute Gasteiger partial charge is 0.251 e. The van der Waals surface area contributed by atoms with Gasteiger partial charge in [-0.25, -0.2) is 12.7 Å². The maximum atomic E-state index is 12.1. The van der Waals surface area contributed by atoms with Gasteiger partial charge in [-0.1, -0.05) is 12.1 Å². The second-order valence-corrected chi connectivity index (χ2v) is 6.61. The molecule has 1 aromatic rings. The van der Waals surface area contributed by atoms with Gasteiger partial charge in [0.2, 0.25) is 10.0 Å². The summed E-state index contributed by atoms with van der Waals surface area (Å²) in [6.07, 6.45) is 1.88. The zero-order valence-corrected chi connectivity index (χ0v) is 11.7. The fraction of sp³-hybridized carbons (Fsp3) is 0.462. The molecule has 1 aromatic carbocycles. The molecular weight excluding hydrogens is 264 g/mol. The molecule has 0 unspecified atom stereocenters. The molecule has 0 spiro atoms. The summed E-state index contributed by atoms with van der Waals surface area (Å²) in [7, 11) is -1.66. The molecule has 0 aliphatic carbocycles. The molecular formula is C13H18N2O3S. The maximum Gasteiger partial charge on any atom is 0.251 e. The SMILES string of the molecule is CNC(=O)c1ccc(CS(=O)(=O)N2CCCC2)cc1. The predicted octanol–water partition coefficient (Wildman–Crippen LogP) is 0.972. The van der Waals surface area contributed by atoms with Gasteiger partial charge < -0.3 is 5.32 Å². The molecule has 1 saturated heterocycles. The third-order valence-corrected chi connectivity index (χ3v) is 5.10. The summed E-state index contributed by atoms with van der Waals surface area (Å²) in [6, 6.07) is 6.68. The molecule has 0 atom stereocenters. The van der Waals surface area contributed by atoms with Crippen molar-refractivity contribution in [2.24, 2.45) is 0 Å². The predicted molar refractivity (Wildman–Crippen MR) is 73.3 cm³/mol. The van der Waals surface area contributed by atoms with Crippen LogP contribution in [0.25, 0.3) is 0 Å². The fourth-order valence-electron chi connectivity index (χ4n) is 2.16. The number of nitrogens with one attached hydrogen (secondary N) is 1. The number of sulfonamides is 1. The van der Waals surface area contributed by atoms with Crippen LogP contribution in [0.5, 0.6) is 0 Å². The molecule has 5 nitrogen and oxygen atoms in total. The molecule has 1 aliphatic rings. The lowest BCUT2D eigenvalue weighted by Gasteiger charge is -2.15. The van der Waals surface area contributed by atoms with Crippen LogP contribution in [0.4, 0.5) is 0 Å². The van der Waals surface area contributed by atoms with Crippen LogP contribution in [0, 0.1) is 0 Å². The average molecular weight is 282 g/mol. The van der Waals surface area contributed by atoms with Crippen LogP contribution in [0.3, 0.4) is 0 Å². The molecule has 104 valence electrons. The highest BCUT2D eigenvalue weighted by molar-refractivity contribution is 7.88. The van der Waals surface area contributed by atoms with E-state index in [0.717, 1.165) is 12.8 Å². The van der Waals surface area contributed by atoms with E-state index in [1.54, 1.807) is 35.6 Å². The lowest BCUT2D eigenvalue weighted by Crippen LogP contribution is -2.29. The van der Waals surface area contributed by atoms with Crippen molar-refractivity contribution in [2.45, 2.75) is 18.6 Å². The zero-order chi connectivity index (χ0) is 13.9. The van der Waals surface area contributed by atoms with Gasteiger partial charge in [-0.3, -0.25) is 4.79 Å². The van der Waals surface area contributed by atoms with Gasteiger partial charge in [0, 0.05) is 25.7 Å². The van der Waals surface area contributed by atoms with Gasteiger partial charge in [-0.15, -0.1) is 0 Å². The number of hydrogen-bond donors (Lipinski definition) is 1. The van der Waals surface area contributed by atoms with E-state index in [4.69, 9.17) is 0 Å². The lowest BCUT2D eigenvalue weighted by atomic mass is 10.1. The van der Waals surface area contributed by atoms with E-state index < -0.39 is 10.0 Å². The molecule has 19 heavy (non-hydrogen) atoms. The number of carbonyl (C=O) groups excluding carboxylic acids is 1. The van der Waals surface area contributed by atoms with Crippen molar-refractivity contribution in [2.75, 3.05) is 20.1 Å². The standard InChI is InChI=1S/C13H18N2O3S/c1-14-13(16)12-6-4-11(5-7-12)10-19(17,18)15-8-2-3-9-15/h4-7H,2-3,8-10H2,1H3,(H,14,16). The molecule has 1 fully saturated rings. The Morgan fingerprint density at radius 3 is 2.32 bits per heavy atom. The largest absolute Gasteiger partial charge is 0.355 e. The first-order chi connectivity index (χ1) is 9.03. The first-order valence-electron chi connectivity index (χ1n) is 6.32. The Kier molecular flexibility index (Phi) is 4.21. The van der Waals surface area contributed by atoms with Gasteiger partial charge in [0.1, 0.15) is 0 Å². The van der Waals surface area contributed by atoms with Crippen molar-refractivity contribution in [3.05, 3.63) is 35.4 Å². The molecule has 1 N–H and O–H groups in total. The topological polar surface area (TPSA) is 66.5 Å².